The lowest BCUT2D eigenvalue weighted by Crippen LogP contribution is -2.52. The van der Waals surface area contributed by atoms with Gasteiger partial charge in [-0.2, -0.15) is 0 Å². The zero-order valence-corrected chi connectivity index (χ0v) is 18.4. The maximum Gasteiger partial charge on any atom is 0.193 e. The molecule has 1 aromatic rings. The van der Waals surface area contributed by atoms with Crippen molar-refractivity contribution in [2.75, 3.05) is 83.9 Å². The molecule has 0 aromatic heterocycles. The predicted molar refractivity (Wildman–Crippen MR) is 119 cm³/mol. The van der Waals surface area contributed by atoms with Crippen LogP contribution >= 0.6 is 0 Å². The van der Waals surface area contributed by atoms with Gasteiger partial charge >= 0.3 is 0 Å². The maximum absolute atomic E-state index is 14.0. The summed E-state index contributed by atoms with van der Waals surface area (Å²) in [6.45, 7) is 12.9. The van der Waals surface area contributed by atoms with Gasteiger partial charge in [0.2, 0.25) is 0 Å². The van der Waals surface area contributed by atoms with Crippen molar-refractivity contribution in [1.29, 1.82) is 0 Å². The zero-order chi connectivity index (χ0) is 21.3. The van der Waals surface area contributed by atoms with E-state index in [1.54, 1.807) is 7.05 Å². The largest absolute Gasteiger partial charge is 0.366 e. The van der Waals surface area contributed by atoms with Gasteiger partial charge in [-0.05, 0) is 38.1 Å². The molecule has 2 fully saturated rings. The zero-order valence-electron chi connectivity index (χ0n) is 18.4. The summed E-state index contributed by atoms with van der Waals surface area (Å²) >= 11 is 0. The fourth-order valence-corrected chi connectivity index (χ4v) is 4.21. The molecule has 2 saturated heterocycles. The topological polar surface area (TPSA) is 37.4 Å². The Morgan fingerprint density at radius 1 is 0.967 bits per heavy atom. The molecule has 8 heteroatoms. The van der Waals surface area contributed by atoms with Crippen molar-refractivity contribution in [2.45, 2.75) is 19.8 Å². The van der Waals surface area contributed by atoms with Crippen molar-refractivity contribution >= 4 is 11.6 Å². The summed E-state index contributed by atoms with van der Waals surface area (Å²) in [6.07, 6.45) is 2.30. The summed E-state index contributed by atoms with van der Waals surface area (Å²) in [7, 11) is 1.80. The van der Waals surface area contributed by atoms with E-state index >= 15 is 0 Å². The van der Waals surface area contributed by atoms with E-state index in [0.29, 0.717) is 18.8 Å². The summed E-state index contributed by atoms with van der Waals surface area (Å²) in [6, 6.07) is 3.63. The van der Waals surface area contributed by atoms with Gasteiger partial charge in [-0.15, -0.1) is 0 Å². The lowest BCUT2D eigenvalue weighted by molar-refractivity contribution is 0.136. The van der Waals surface area contributed by atoms with Crippen molar-refractivity contribution in [3.8, 4) is 0 Å². The summed E-state index contributed by atoms with van der Waals surface area (Å²) in [4.78, 5) is 13.6. The third kappa shape index (κ3) is 6.28. The average molecular weight is 423 g/mol. The van der Waals surface area contributed by atoms with Gasteiger partial charge in [0, 0.05) is 72.0 Å². The lowest BCUT2D eigenvalue weighted by Gasteiger charge is -2.37. The Bertz CT molecular complexity index is 682. The van der Waals surface area contributed by atoms with E-state index in [4.69, 9.17) is 0 Å². The standard InChI is InChI=1S/C22H36F2N6/c1-3-27-10-12-28(13-11-27)9-5-4-8-26-22(25-2)30-16-14-29(15-17-30)21-18-19(23)6-7-20(21)24/h6-7,18H,3-5,8-17H2,1-2H3,(H,25,26). The second-order valence-corrected chi connectivity index (χ2v) is 8.03. The Morgan fingerprint density at radius 3 is 2.33 bits per heavy atom. The van der Waals surface area contributed by atoms with Crippen LogP contribution in [0.2, 0.25) is 0 Å². The number of unbranched alkanes of at least 4 members (excludes halogenated alkanes) is 1. The highest BCUT2D eigenvalue weighted by Gasteiger charge is 2.22. The lowest BCUT2D eigenvalue weighted by atomic mass is 10.2. The quantitative estimate of drug-likeness (QED) is 0.414. The highest BCUT2D eigenvalue weighted by Crippen LogP contribution is 2.21. The first kappa shape index (κ1) is 22.7. The number of piperazine rings is 2. The van der Waals surface area contributed by atoms with Crippen molar-refractivity contribution in [2.24, 2.45) is 4.99 Å². The minimum absolute atomic E-state index is 0.345. The number of likely N-dealkylation sites (N-methyl/N-ethyl adjacent to an activating group) is 1. The van der Waals surface area contributed by atoms with Gasteiger partial charge in [0.05, 0.1) is 5.69 Å². The number of rotatable bonds is 7. The van der Waals surface area contributed by atoms with Crippen molar-refractivity contribution < 1.29 is 8.78 Å². The third-order valence-corrected chi connectivity index (χ3v) is 6.14. The third-order valence-electron chi connectivity index (χ3n) is 6.14. The Morgan fingerprint density at radius 2 is 1.67 bits per heavy atom. The minimum Gasteiger partial charge on any atom is -0.366 e. The second-order valence-electron chi connectivity index (χ2n) is 8.03. The van der Waals surface area contributed by atoms with Crippen LogP contribution in [0.4, 0.5) is 14.5 Å². The molecule has 2 aliphatic rings. The molecule has 1 aromatic carbocycles. The molecule has 0 bridgehead atoms. The maximum atomic E-state index is 14.0. The Kier molecular flexibility index (Phi) is 8.69. The normalized spacial score (nSPS) is 19.4. The molecule has 0 amide bonds. The molecular weight excluding hydrogens is 386 g/mol. The number of hydrogen-bond donors (Lipinski definition) is 1. The first-order valence-electron chi connectivity index (χ1n) is 11.2. The number of aliphatic imine (C=N–C) groups is 1. The molecular formula is C22H36F2N6. The summed E-state index contributed by atoms with van der Waals surface area (Å²) in [5.41, 5.74) is 0.345. The van der Waals surface area contributed by atoms with Crippen LogP contribution in [0, 0.1) is 11.6 Å². The first-order chi connectivity index (χ1) is 14.6. The number of halogens is 2. The summed E-state index contributed by atoms with van der Waals surface area (Å²) < 4.78 is 27.5. The van der Waals surface area contributed by atoms with Crippen molar-refractivity contribution in [1.82, 2.24) is 20.0 Å². The van der Waals surface area contributed by atoms with Crippen LogP contribution in [0.25, 0.3) is 0 Å². The fourth-order valence-electron chi connectivity index (χ4n) is 4.21. The van der Waals surface area contributed by atoms with Gasteiger partial charge in [-0.25, -0.2) is 8.78 Å². The average Bonchev–Trinajstić information content (AvgIpc) is 2.78. The number of benzene rings is 1. The van der Waals surface area contributed by atoms with Crippen molar-refractivity contribution in [3.05, 3.63) is 29.8 Å². The summed E-state index contributed by atoms with van der Waals surface area (Å²) in [5.74, 6) is 0.118. The molecule has 0 aliphatic carbocycles. The molecule has 0 radical (unpaired) electrons. The van der Waals surface area contributed by atoms with E-state index in [2.05, 4.69) is 31.9 Å². The highest BCUT2D eigenvalue weighted by atomic mass is 19.1. The number of guanidine groups is 1. The van der Waals surface area contributed by atoms with E-state index in [0.717, 1.165) is 51.2 Å². The van der Waals surface area contributed by atoms with Crippen LogP contribution < -0.4 is 10.2 Å². The van der Waals surface area contributed by atoms with E-state index in [1.165, 1.54) is 44.7 Å². The Hall–Kier alpha value is -1.93. The number of anilines is 1. The van der Waals surface area contributed by atoms with Gasteiger partial charge < -0.3 is 24.9 Å². The van der Waals surface area contributed by atoms with E-state index in [9.17, 15) is 8.78 Å². The summed E-state index contributed by atoms with van der Waals surface area (Å²) in [5, 5.41) is 3.46. The fraction of sp³-hybridized carbons (Fsp3) is 0.682. The first-order valence-corrected chi connectivity index (χ1v) is 11.2. The van der Waals surface area contributed by atoms with Crippen LogP contribution in [0.3, 0.4) is 0 Å². The van der Waals surface area contributed by atoms with Crippen LogP contribution in [0.5, 0.6) is 0 Å². The number of nitrogens with zero attached hydrogens (tertiary/aromatic N) is 5. The molecule has 2 aliphatic heterocycles. The van der Waals surface area contributed by atoms with Gasteiger partial charge in [0.15, 0.2) is 5.96 Å². The van der Waals surface area contributed by atoms with Gasteiger partial charge in [0.1, 0.15) is 11.6 Å². The molecule has 2 heterocycles. The SMILES string of the molecule is CCN1CCN(CCCCNC(=NC)N2CCN(c3cc(F)ccc3F)CC2)CC1. The number of hydrogen-bond acceptors (Lipinski definition) is 4. The molecule has 3 rings (SSSR count). The molecule has 6 nitrogen and oxygen atoms in total. The second kappa shape index (κ2) is 11.5. The molecule has 1 N–H and O–H groups in total. The van der Waals surface area contributed by atoms with Crippen LogP contribution in [0.15, 0.2) is 23.2 Å². The van der Waals surface area contributed by atoms with Crippen LogP contribution in [-0.2, 0) is 0 Å². The highest BCUT2D eigenvalue weighted by molar-refractivity contribution is 5.80. The van der Waals surface area contributed by atoms with Crippen molar-refractivity contribution in [3.63, 3.8) is 0 Å². The minimum atomic E-state index is -0.404. The van der Waals surface area contributed by atoms with E-state index in [1.807, 2.05) is 4.90 Å². The van der Waals surface area contributed by atoms with E-state index < -0.39 is 5.82 Å². The monoisotopic (exact) mass is 422 g/mol. The van der Waals surface area contributed by atoms with Gasteiger partial charge in [0.25, 0.3) is 0 Å². The molecule has 0 saturated carbocycles. The smallest absolute Gasteiger partial charge is 0.193 e. The van der Waals surface area contributed by atoms with Gasteiger partial charge in [-0.3, -0.25) is 4.99 Å². The van der Waals surface area contributed by atoms with Gasteiger partial charge in [-0.1, -0.05) is 6.92 Å². The van der Waals surface area contributed by atoms with E-state index in [-0.39, 0.29) is 5.82 Å². The van der Waals surface area contributed by atoms with Crippen LogP contribution in [0.1, 0.15) is 19.8 Å². The molecule has 0 atom stereocenters. The molecule has 30 heavy (non-hydrogen) atoms. The predicted octanol–water partition coefficient (Wildman–Crippen LogP) is 2.08. The molecule has 0 spiro atoms. The number of nitrogens with one attached hydrogen (secondary N) is 1. The Balaban J connectivity index is 1.34. The molecule has 0 unspecified atom stereocenters. The molecule has 168 valence electrons. The Labute approximate surface area is 179 Å². The van der Waals surface area contributed by atoms with Crippen LogP contribution in [-0.4, -0.2) is 99.7 Å².